The number of hydrogen-bond acceptors (Lipinski definition) is 1. The predicted molar refractivity (Wildman–Crippen MR) is 120 cm³/mol. The summed E-state index contributed by atoms with van der Waals surface area (Å²) in [5, 5.41) is 0. The molecule has 1 nitrogen and oxygen atoms in total. The first-order valence-electron chi connectivity index (χ1n) is 10.2. The lowest BCUT2D eigenvalue weighted by molar-refractivity contribution is 0.518. The molecule has 27 heavy (non-hydrogen) atoms. The second-order valence-electron chi connectivity index (χ2n) is 9.96. The molecule has 0 radical (unpaired) electrons. The van der Waals surface area contributed by atoms with Crippen LogP contribution in [0.2, 0.25) is 0 Å². The maximum Gasteiger partial charge on any atom is 0.0725 e. The lowest BCUT2D eigenvalue weighted by Crippen LogP contribution is -2.38. The molecule has 0 N–H and O–H groups in total. The molecule has 2 aliphatic rings. The molecule has 1 aliphatic carbocycles. The number of hydrogen-bond donors (Lipinski definition) is 0. The van der Waals surface area contributed by atoms with Gasteiger partial charge in [0.05, 0.1) is 11.8 Å². The Balaban J connectivity index is 2.46. The van der Waals surface area contributed by atoms with E-state index in [1.165, 1.54) is 33.4 Å². The summed E-state index contributed by atoms with van der Waals surface area (Å²) in [6.45, 7) is 24.9. The molecule has 3 rings (SSSR count). The van der Waals surface area contributed by atoms with Gasteiger partial charge in [0.15, 0.2) is 0 Å². The normalized spacial score (nSPS) is 25.7. The van der Waals surface area contributed by atoms with Crippen molar-refractivity contribution in [1.29, 1.82) is 0 Å². The lowest BCUT2D eigenvalue weighted by atomic mass is 9.61. The first kappa shape index (κ1) is 19.9. The molecule has 144 valence electrons. The second-order valence-corrected chi connectivity index (χ2v) is 9.96. The number of allylic oxidation sites excluding steroid dienone is 4. The van der Waals surface area contributed by atoms with Crippen molar-refractivity contribution in [2.75, 3.05) is 0 Å². The van der Waals surface area contributed by atoms with Crippen LogP contribution in [-0.4, -0.2) is 11.8 Å². The summed E-state index contributed by atoms with van der Waals surface area (Å²) in [5.74, 6) is 0.421. The fraction of sp³-hybridized carbons (Fsp3) is 0.500. The van der Waals surface area contributed by atoms with Gasteiger partial charge in [0.2, 0.25) is 0 Å². The van der Waals surface area contributed by atoms with Gasteiger partial charge in [0, 0.05) is 16.9 Å². The average Bonchev–Trinajstić information content (AvgIpc) is 2.55. The Morgan fingerprint density at radius 3 is 2.37 bits per heavy atom. The van der Waals surface area contributed by atoms with Gasteiger partial charge in [-0.15, -0.1) is 0 Å². The van der Waals surface area contributed by atoms with E-state index in [1.54, 1.807) is 0 Å². The van der Waals surface area contributed by atoms with Crippen molar-refractivity contribution in [2.45, 2.75) is 79.7 Å². The molecule has 0 aromatic heterocycles. The summed E-state index contributed by atoms with van der Waals surface area (Å²) in [5.41, 5.74) is 10.5. The summed E-state index contributed by atoms with van der Waals surface area (Å²) < 4.78 is 0. The van der Waals surface area contributed by atoms with Crippen molar-refractivity contribution in [3.8, 4) is 0 Å². The second kappa shape index (κ2) is 6.33. The molecule has 2 atom stereocenters. The van der Waals surface area contributed by atoms with Gasteiger partial charge in [-0.1, -0.05) is 66.3 Å². The standard InChI is InChI=1S/C26H35N/c1-11-12-19-13-20-23-22(16(19)3)15(2)18(5)27-24(23)17(4)21(26(20,9)10)14-25(6,7)8/h11-15,18H,4H2,1-3,5-10H3/b12-11-,21-14+. The Morgan fingerprint density at radius 1 is 1.19 bits per heavy atom. The summed E-state index contributed by atoms with van der Waals surface area (Å²) >= 11 is 0. The SMILES string of the molecule is C=C1C2=NC(C)C(C)c3c(C)c(/C=C\C)cc(c32)C(C)(C)/C1=C/C(C)(C)C. The Kier molecular flexibility index (Phi) is 4.65. The van der Waals surface area contributed by atoms with Crippen LogP contribution in [0, 0.1) is 12.3 Å². The van der Waals surface area contributed by atoms with Crippen LogP contribution in [0.1, 0.15) is 89.1 Å². The van der Waals surface area contributed by atoms with Crippen molar-refractivity contribution < 1.29 is 0 Å². The van der Waals surface area contributed by atoms with Crippen LogP contribution in [0.4, 0.5) is 0 Å². The minimum atomic E-state index is -0.0855. The Labute approximate surface area is 166 Å². The summed E-state index contributed by atoms with van der Waals surface area (Å²) in [6.07, 6.45) is 6.80. The third kappa shape index (κ3) is 3.06. The summed E-state index contributed by atoms with van der Waals surface area (Å²) in [7, 11) is 0. The highest BCUT2D eigenvalue weighted by atomic mass is 14.8. The van der Waals surface area contributed by atoms with Crippen LogP contribution in [0.25, 0.3) is 6.08 Å². The highest BCUT2D eigenvalue weighted by Crippen LogP contribution is 2.50. The van der Waals surface area contributed by atoms with E-state index >= 15 is 0 Å². The highest BCUT2D eigenvalue weighted by molar-refractivity contribution is 6.20. The third-order valence-corrected chi connectivity index (χ3v) is 6.31. The van der Waals surface area contributed by atoms with E-state index in [-0.39, 0.29) is 16.9 Å². The Morgan fingerprint density at radius 2 is 1.81 bits per heavy atom. The van der Waals surface area contributed by atoms with Crippen molar-refractivity contribution in [3.63, 3.8) is 0 Å². The monoisotopic (exact) mass is 361 g/mol. The van der Waals surface area contributed by atoms with Gasteiger partial charge in [-0.25, -0.2) is 0 Å². The molecule has 1 aromatic rings. The molecular weight excluding hydrogens is 326 g/mol. The number of benzene rings is 1. The van der Waals surface area contributed by atoms with E-state index in [9.17, 15) is 0 Å². The van der Waals surface area contributed by atoms with E-state index in [1.807, 2.05) is 0 Å². The van der Waals surface area contributed by atoms with Crippen molar-refractivity contribution in [1.82, 2.24) is 0 Å². The molecule has 0 fully saturated rings. The molecule has 1 aliphatic heterocycles. The molecule has 0 saturated carbocycles. The van der Waals surface area contributed by atoms with Crippen molar-refractivity contribution in [3.05, 3.63) is 63.8 Å². The van der Waals surface area contributed by atoms with Crippen LogP contribution >= 0.6 is 0 Å². The fourth-order valence-electron chi connectivity index (χ4n) is 4.69. The van der Waals surface area contributed by atoms with Crippen LogP contribution in [-0.2, 0) is 5.41 Å². The van der Waals surface area contributed by atoms with Crippen LogP contribution in [0.3, 0.4) is 0 Å². The largest absolute Gasteiger partial charge is 0.280 e. The lowest BCUT2D eigenvalue weighted by Gasteiger charge is -2.44. The van der Waals surface area contributed by atoms with E-state index in [0.29, 0.717) is 5.92 Å². The molecule has 0 amide bonds. The van der Waals surface area contributed by atoms with Gasteiger partial charge in [0.1, 0.15) is 0 Å². The van der Waals surface area contributed by atoms with Crippen molar-refractivity contribution >= 4 is 11.8 Å². The van der Waals surface area contributed by atoms with Gasteiger partial charge in [-0.2, -0.15) is 0 Å². The zero-order chi connectivity index (χ0) is 20.3. The fourth-order valence-corrected chi connectivity index (χ4v) is 4.69. The molecular formula is C26H35N. The summed E-state index contributed by atoms with van der Waals surface area (Å²) in [6, 6.07) is 2.67. The van der Waals surface area contributed by atoms with Gasteiger partial charge >= 0.3 is 0 Å². The molecule has 1 aromatic carbocycles. The zero-order valence-corrected chi connectivity index (χ0v) is 18.6. The number of nitrogens with zero attached hydrogens (tertiary/aromatic N) is 1. The smallest absolute Gasteiger partial charge is 0.0725 e. The van der Waals surface area contributed by atoms with Crippen LogP contribution < -0.4 is 0 Å². The van der Waals surface area contributed by atoms with Gasteiger partial charge in [-0.05, 0) is 65.7 Å². The number of aliphatic imine (C=N–C) groups is 1. The molecule has 2 unspecified atom stereocenters. The highest BCUT2D eigenvalue weighted by Gasteiger charge is 2.43. The zero-order valence-electron chi connectivity index (χ0n) is 18.6. The third-order valence-electron chi connectivity index (χ3n) is 6.31. The maximum atomic E-state index is 5.14. The van der Waals surface area contributed by atoms with E-state index in [2.05, 4.69) is 93.2 Å². The first-order valence-corrected chi connectivity index (χ1v) is 10.2. The molecule has 0 saturated heterocycles. The van der Waals surface area contributed by atoms with Crippen LogP contribution in [0.15, 0.2) is 40.9 Å². The average molecular weight is 362 g/mol. The van der Waals surface area contributed by atoms with Gasteiger partial charge < -0.3 is 0 Å². The maximum absolute atomic E-state index is 5.14. The van der Waals surface area contributed by atoms with E-state index in [4.69, 9.17) is 4.99 Å². The number of rotatable bonds is 1. The Bertz CT molecular complexity index is 897. The van der Waals surface area contributed by atoms with E-state index in [0.717, 1.165) is 11.3 Å². The minimum absolute atomic E-state index is 0.0855. The van der Waals surface area contributed by atoms with Gasteiger partial charge in [0.25, 0.3) is 0 Å². The topological polar surface area (TPSA) is 12.4 Å². The minimum Gasteiger partial charge on any atom is -0.280 e. The summed E-state index contributed by atoms with van der Waals surface area (Å²) in [4.78, 5) is 5.14. The van der Waals surface area contributed by atoms with Crippen LogP contribution in [0.5, 0.6) is 0 Å². The Hall–Kier alpha value is -1.89. The molecule has 1 heterocycles. The van der Waals surface area contributed by atoms with Crippen molar-refractivity contribution in [2.24, 2.45) is 10.4 Å². The van der Waals surface area contributed by atoms with E-state index < -0.39 is 0 Å². The predicted octanol–water partition coefficient (Wildman–Crippen LogP) is 7.14. The molecule has 0 bridgehead atoms. The molecule has 0 spiro atoms. The molecule has 1 heteroatoms. The quantitative estimate of drug-likeness (QED) is 0.504. The first-order chi connectivity index (χ1) is 12.4. The van der Waals surface area contributed by atoms with Gasteiger partial charge in [-0.3, -0.25) is 4.99 Å².